The van der Waals surface area contributed by atoms with Crippen LogP contribution < -0.4 is 0 Å². The normalized spacial score (nSPS) is 17.8. The molecule has 1 aliphatic heterocycles. The van der Waals surface area contributed by atoms with Gasteiger partial charge in [0, 0.05) is 31.6 Å². The second-order valence-corrected chi connectivity index (χ2v) is 6.70. The van der Waals surface area contributed by atoms with E-state index in [1.165, 1.54) is 12.8 Å². The first-order chi connectivity index (χ1) is 11.7. The molecule has 126 valence electrons. The molecule has 2 fully saturated rings. The zero-order valence-corrected chi connectivity index (χ0v) is 13.8. The first-order valence-corrected chi connectivity index (χ1v) is 8.39. The number of aryl methyl sites for hydroxylation is 1. The lowest BCUT2D eigenvalue weighted by Crippen LogP contribution is -2.50. The second-order valence-electron chi connectivity index (χ2n) is 6.70. The minimum Gasteiger partial charge on any atom is -0.375 e. The van der Waals surface area contributed by atoms with Crippen molar-refractivity contribution in [2.45, 2.75) is 32.4 Å². The first-order valence-electron chi connectivity index (χ1n) is 8.39. The topological polar surface area (TPSA) is 73.1 Å². The van der Waals surface area contributed by atoms with Crippen molar-refractivity contribution >= 4 is 5.91 Å². The molecule has 0 N–H and O–H groups in total. The Bertz CT molecular complexity index is 717. The molecule has 0 aromatic carbocycles. The molecule has 2 aromatic heterocycles. The predicted octanol–water partition coefficient (Wildman–Crippen LogP) is 1.61. The molecule has 1 aliphatic carbocycles. The fourth-order valence-corrected chi connectivity index (χ4v) is 2.74. The Balaban J connectivity index is 1.28. The number of amides is 1. The van der Waals surface area contributed by atoms with E-state index in [0.717, 1.165) is 23.9 Å². The molecule has 1 saturated heterocycles. The highest BCUT2D eigenvalue weighted by Gasteiger charge is 2.33. The molecule has 2 aliphatic rings. The number of carbonyl (C=O) groups excluding carboxylic acids is 1. The zero-order chi connectivity index (χ0) is 16.5. The van der Waals surface area contributed by atoms with E-state index in [4.69, 9.17) is 4.74 Å². The van der Waals surface area contributed by atoms with Crippen LogP contribution in [-0.4, -0.2) is 50.5 Å². The lowest BCUT2D eigenvalue weighted by Gasteiger charge is -2.38. The van der Waals surface area contributed by atoms with Gasteiger partial charge in [-0.05, 0) is 37.8 Å². The van der Waals surface area contributed by atoms with Crippen LogP contribution in [0.15, 0.2) is 24.5 Å². The number of rotatable bonds is 6. The summed E-state index contributed by atoms with van der Waals surface area (Å²) in [6, 6.07) is 3.87. The van der Waals surface area contributed by atoms with E-state index in [-0.39, 0.29) is 11.9 Å². The van der Waals surface area contributed by atoms with Crippen LogP contribution in [0.2, 0.25) is 0 Å². The monoisotopic (exact) mass is 327 g/mol. The van der Waals surface area contributed by atoms with Crippen molar-refractivity contribution in [1.82, 2.24) is 24.9 Å². The summed E-state index contributed by atoms with van der Waals surface area (Å²) in [4.78, 5) is 18.3. The molecule has 2 aromatic rings. The molecule has 1 amide bonds. The number of hydrogen-bond donors (Lipinski definition) is 0. The Morgan fingerprint density at radius 2 is 2.17 bits per heavy atom. The molecule has 0 unspecified atom stereocenters. The van der Waals surface area contributed by atoms with Crippen LogP contribution in [0.1, 0.15) is 40.6 Å². The fraction of sp³-hybridized carbons (Fsp3) is 0.529. The molecule has 1 saturated carbocycles. The molecule has 0 radical (unpaired) electrons. The summed E-state index contributed by atoms with van der Waals surface area (Å²) in [5.41, 5.74) is 2.39. The maximum Gasteiger partial charge on any atom is 0.255 e. The third-order valence-corrected chi connectivity index (χ3v) is 4.54. The molecular formula is C17H21N5O2. The van der Waals surface area contributed by atoms with E-state index in [9.17, 15) is 4.79 Å². The third kappa shape index (κ3) is 3.31. The molecule has 24 heavy (non-hydrogen) atoms. The lowest BCUT2D eigenvalue weighted by molar-refractivity contribution is 0.0497. The minimum atomic E-state index is 0.0202. The van der Waals surface area contributed by atoms with Gasteiger partial charge < -0.3 is 9.64 Å². The van der Waals surface area contributed by atoms with Crippen molar-refractivity contribution in [2.24, 2.45) is 5.92 Å². The number of ether oxygens (including phenoxy) is 1. The van der Waals surface area contributed by atoms with E-state index in [1.807, 2.05) is 34.8 Å². The summed E-state index contributed by atoms with van der Waals surface area (Å²) in [6.07, 6.45) is 6.13. The van der Waals surface area contributed by atoms with E-state index >= 15 is 0 Å². The summed E-state index contributed by atoms with van der Waals surface area (Å²) in [7, 11) is 0. The van der Waals surface area contributed by atoms with Crippen LogP contribution in [0.25, 0.3) is 0 Å². The Kier molecular flexibility index (Phi) is 4.02. The van der Waals surface area contributed by atoms with E-state index < -0.39 is 0 Å². The largest absolute Gasteiger partial charge is 0.375 e. The van der Waals surface area contributed by atoms with Crippen molar-refractivity contribution in [3.05, 3.63) is 41.5 Å². The lowest BCUT2D eigenvalue weighted by atomic mass is 10.1. The molecule has 0 atom stereocenters. The number of likely N-dealkylation sites (tertiary alicyclic amines) is 1. The van der Waals surface area contributed by atoms with Gasteiger partial charge in [-0.2, -0.15) is 0 Å². The number of carbonyl (C=O) groups is 1. The van der Waals surface area contributed by atoms with Crippen LogP contribution in [0.5, 0.6) is 0 Å². The number of aromatic nitrogens is 4. The zero-order valence-electron chi connectivity index (χ0n) is 13.8. The number of nitrogens with zero attached hydrogens (tertiary/aromatic N) is 5. The highest BCUT2D eigenvalue weighted by molar-refractivity contribution is 5.94. The Labute approximate surface area is 140 Å². The second kappa shape index (κ2) is 6.32. The van der Waals surface area contributed by atoms with Crippen molar-refractivity contribution in [3.63, 3.8) is 0 Å². The van der Waals surface area contributed by atoms with Gasteiger partial charge in [0.1, 0.15) is 5.69 Å². The summed E-state index contributed by atoms with van der Waals surface area (Å²) >= 11 is 0. The molecule has 0 spiro atoms. The maximum absolute atomic E-state index is 12.4. The predicted molar refractivity (Wildman–Crippen MR) is 86.3 cm³/mol. The molecule has 7 nitrogen and oxygen atoms in total. The SMILES string of the molecule is Cc1ccc(C(=O)N2CC(n3cc(COCC4CC4)nn3)C2)cn1. The fourth-order valence-electron chi connectivity index (χ4n) is 2.74. The highest BCUT2D eigenvalue weighted by Crippen LogP contribution is 2.29. The van der Waals surface area contributed by atoms with Crippen LogP contribution in [0.4, 0.5) is 0 Å². The average Bonchev–Trinajstić information content (AvgIpc) is 3.24. The van der Waals surface area contributed by atoms with Gasteiger partial charge in [0.2, 0.25) is 0 Å². The van der Waals surface area contributed by atoms with Crippen LogP contribution in [-0.2, 0) is 11.3 Å². The third-order valence-electron chi connectivity index (χ3n) is 4.54. The van der Waals surface area contributed by atoms with Crippen LogP contribution in [0.3, 0.4) is 0 Å². The van der Waals surface area contributed by atoms with Crippen molar-refractivity contribution in [2.75, 3.05) is 19.7 Å². The van der Waals surface area contributed by atoms with E-state index in [0.29, 0.717) is 25.3 Å². The minimum absolute atomic E-state index is 0.0202. The number of hydrogen-bond acceptors (Lipinski definition) is 5. The van der Waals surface area contributed by atoms with E-state index in [1.54, 1.807) is 6.20 Å². The van der Waals surface area contributed by atoms with Gasteiger partial charge in [-0.15, -0.1) is 5.10 Å². The number of pyridine rings is 1. The van der Waals surface area contributed by atoms with Gasteiger partial charge in [-0.1, -0.05) is 5.21 Å². The first kappa shape index (κ1) is 15.3. The Hall–Kier alpha value is -2.28. The van der Waals surface area contributed by atoms with Crippen molar-refractivity contribution in [3.8, 4) is 0 Å². The molecule has 4 rings (SSSR count). The standard InChI is InChI=1S/C17H21N5O2/c1-12-2-5-14(6-18-12)17(23)21-8-16(9-21)22-7-15(19-20-22)11-24-10-13-3-4-13/h2,5-7,13,16H,3-4,8-11H2,1H3. The maximum atomic E-state index is 12.4. The van der Waals surface area contributed by atoms with Gasteiger partial charge in [-0.3, -0.25) is 9.78 Å². The average molecular weight is 327 g/mol. The summed E-state index contributed by atoms with van der Waals surface area (Å²) < 4.78 is 7.47. The smallest absolute Gasteiger partial charge is 0.255 e. The highest BCUT2D eigenvalue weighted by atomic mass is 16.5. The Morgan fingerprint density at radius 1 is 1.33 bits per heavy atom. The molecule has 0 bridgehead atoms. The van der Waals surface area contributed by atoms with Crippen molar-refractivity contribution in [1.29, 1.82) is 0 Å². The van der Waals surface area contributed by atoms with Crippen molar-refractivity contribution < 1.29 is 9.53 Å². The quantitative estimate of drug-likeness (QED) is 0.806. The summed E-state index contributed by atoms with van der Waals surface area (Å²) in [5, 5.41) is 8.31. The van der Waals surface area contributed by atoms with Gasteiger partial charge in [0.15, 0.2) is 0 Å². The molecule has 3 heterocycles. The van der Waals surface area contributed by atoms with Gasteiger partial charge in [0.25, 0.3) is 5.91 Å². The summed E-state index contributed by atoms with van der Waals surface area (Å²) in [5.74, 6) is 0.773. The van der Waals surface area contributed by atoms with Gasteiger partial charge in [-0.25, -0.2) is 4.68 Å². The molecular weight excluding hydrogens is 306 g/mol. The van der Waals surface area contributed by atoms with Crippen LogP contribution >= 0.6 is 0 Å². The van der Waals surface area contributed by atoms with Crippen LogP contribution in [0, 0.1) is 12.8 Å². The summed E-state index contributed by atoms with van der Waals surface area (Å²) in [6.45, 7) is 4.55. The van der Waals surface area contributed by atoms with E-state index in [2.05, 4.69) is 15.3 Å². The van der Waals surface area contributed by atoms with Gasteiger partial charge >= 0.3 is 0 Å². The Morgan fingerprint density at radius 3 is 2.88 bits per heavy atom. The van der Waals surface area contributed by atoms with Gasteiger partial charge in [0.05, 0.1) is 24.4 Å². The molecule has 7 heteroatoms.